The molecule has 0 spiro atoms. The predicted octanol–water partition coefficient (Wildman–Crippen LogP) is 3.02. The zero-order valence-electron chi connectivity index (χ0n) is 17.2. The maximum atomic E-state index is 12.3. The van der Waals surface area contributed by atoms with E-state index in [2.05, 4.69) is 0 Å². The molecule has 7 heteroatoms. The Bertz CT molecular complexity index is 434. The van der Waals surface area contributed by atoms with E-state index in [9.17, 15) is 19.5 Å². The SMILES string of the molecule is CCCCCOC(=O)CC(C(=O)OCC(C)O)C(C)C(=O)OCCCCC. The molecular formula is C20H36O7. The first-order valence-electron chi connectivity index (χ1n) is 10.00. The van der Waals surface area contributed by atoms with Crippen molar-refractivity contribution in [2.75, 3.05) is 19.8 Å². The van der Waals surface area contributed by atoms with Crippen LogP contribution in [0.4, 0.5) is 0 Å². The first kappa shape index (κ1) is 25.4. The number of carbonyl (C=O) groups is 3. The minimum absolute atomic E-state index is 0.195. The Labute approximate surface area is 162 Å². The van der Waals surface area contributed by atoms with Crippen LogP contribution in [0.1, 0.15) is 72.6 Å². The summed E-state index contributed by atoms with van der Waals surface area (Å²) in [5, 5.41) is 9.29. The van der Waals surface area contributed by atoms with Crippen molar-refractivity contribution in [1.82, 2.24) is 0 Å². The number of rotatable bonds is 15. The van der Waals surface area contributed by atoms with Gasteiger partial charge in [-0.05, 0) is 19.8 Å². The first-order chi connectivity index (χ1) is 12.8. The molecule has 0 amide bonds. The van der Waals surface area contributed by atoms with E-state index >= 15 is 0 Å². The topological polar surface area (TPSA) is 99.1 Å². The smallest absolute Gasteiger partial charge is 0.310 e. The normalized spacial score (nSPS) is 14.1. The lowest BCUT2D eigenvalue weighted by Crippen LogP contribution is -2.34. The zero-order chi connectivity index (χ0) is 20.7. The minimum atomic E-state index is -0.999. The molecule has 0 bridgehead atoms. The van der Waals surface area contributed by atoms with Crippen molar-refractivity contribution in [3.8, 4) is 0 Å². The third-order valence-corrected chi connectivity index (χ3v) is 4.13. The van der Waals surface area contributed by atoms with Gasteiger partial charge in [0, 0.05) is 0 Å². The van der Waals surface area contributed by atoms with Crippen LogP contribution in [0, 0.1) is 11.8 Å². The van der Waals surface area contributed by atoms with Crippen LogP contribution < -0.4 is 0 Å². The van der Waals surface area contributed by atoms with E-state index in [4.69, 9.17) is 14.2 Å². The summed E-state index contributed by atoms with van der Waals surface area (Å²) in [5.41, 5.74) is 0. The van der Waals surface area contributed by atoms with Crippen molar-refractivity contribution in [2.45, 2.75) is 78.7 Å². The summed E-state index contributed by atoms with van der Waals surface area (Å²) in [6.45, 7) is 7.50. The Morgan fingerprint density at radius 2 is 1.37 bits per heavy atom. The Balaban J connectivity index is 4.77. The highest BCUT2D eigenvalue weighted by Gasteiger charge is 2.35. The summed E-state index contributed by atoms with van der Waals surface area (Å²) < 4.78 is 15.4. The molecule has 0 saturated carbocycles. The van der Waals surface area contributed by atoms with Crippen molar-refractivity contribution in [2.24, 2.45) is 11.8 Å². The molecule has 0 aromatic carbocycles. The van der Waals surface area contributed by atoms with E-state index in [1.165, 1.54) is 6.92 Å². The van der Waals surface area contributed by atoms with Crippen LogP contribution in [0.3, 0.4) is 0 Å². The number of carbonyl (C=O) groups excluding carboxylic acids is 3. The highest BCUT2D eigenvalue weighted by atomic mass is 16.6. The number of ether oxygens (including phenoxy) is 3. The Kier molecular flexibility index (Phi) is 14.5. The maximum absolute atomic E-state index is 12.3. The van der Waals surface area contributed by atoms with Crippen molar-refractivity contribution >= 4 is 17.9 Å². The van der Waals surface area contributed by atoms with Gasteiger partial charge in [-0.3, -0.25) is 14.4 Å². The lowest BCUT2D eigenvalue weighted by atomic mass is 9.91. The highest BCUT2D eigenvalue weighted by Crippen LogP contribution is 2.21. The van der Waals surface area contributed by atoms with E-state index in [0.717, 1.165) is 38.5 Å². The largest absolute Gasteiger partial charge is 0.466 e. The molecule has 3 unspecified atom stereocenters. The summed E-state index contributed by atoms with van der Waals surface area (Å²) in [6.07, 6.45) is 4.35. The van der Waals surface area contributed by atoms with Crippen molar-refractivity contribution in [3.05, 3.63) is 0 Å². The molecule has 7 nitrogen and oxygen atoms in total. The molecule has 0 rings (SSSR count). The van der Waals surface area contributed by atoms with Gasteiger partial charge in [-0.25, -0.2) is 0 Å². The molecule has 27 heavy (non-hydrogen) atoms. The second-order valence-electron chi connectivity index (χ2n) is 6.88. The van der Waals surface area contributed by atoms with Crippen LogP contribution in [0.15, 0.2) is 0 Å². The molecule has 0 aliphatic rings. The van der Waals surface area contributed by atoms with Gasteiger partial charge in [0.1, 0.15) is 6.61 Å². The monoisotopic (exact) mass is 388 g/mol. The molecule has 0 aliphatic carbocycles. The first-order valence-corrected chi connectivity index (χ1v) is 10.00. The predicted molar refractivity (Wildman–Crippen MR) is 101 cm³/mol. The third-order valence-electron chi connectivity index (χ3n) is 4.13. The second kappa shape index (κ2) is 15.4. The Morgan fingerprint density at radius 3 is 1.89 bits per heavy atom. The highest BCUT2D eigenvalue weighted by molar-refractivity contribution is 5.85. The second-order valence-corrected chi connectivity index (χ2v) is 6.88. The van der Waals surface area contributed by atoms with Gasteiger partial charge in [-0.2, -0.15) is 0 Å². The standard InChI is InChI=1S/C20H36O7/c1-5-7-9-11-25-18(22)13-17(20(24)27-14-15(3)21)16(4)19(23)26-12-10-8-6-2/h15-17,21H,5-14H2,1-4H3. The Morgan fingerprint density at radius 1 is 0.815 bits per heavy atom. The summed E-state index contributed by atoms with van der Waals surface area (Å²) in [6, 6.07) is 0. The number of hydrogen-bond acceptors (Lipinski definition) is 7. The van der Waals surface area contributed by atoms with Gasteiger partial charge in [0.2, 0.25) is 0 Å². The van der Waals surface area contributed by atoms with E-state index in [1.807, 2.05) is 13.8 Å². The van der Waals surface area contributed by atoms with E-state index in [-0.39, 0.29) is 26.2 Å². The van der Waals surface area contributed by atoms with Gasteiger partial charge in [0.25, 0.3) is 0 Å². The summed E-state index contributed by atoms with van der Waals surface area (Å²) in [7, 11) is 0. The Hall–Kier alpha value is -1.63. The van der Waals surface area contributed by atoms with Gasteiger partial charge < -0.3 is 19.3 Å². The van der Waals surface area contributed by atoms with Gasteiger partial charge in [-0.15, -0.1) is 0 Å². The fourth-order valence-electron chi connectivity index (χ4n) is 2.37. The van der Waals surface area contributed by atoms with Crippen LogP contribution in [0.2, 0.25) is 0 Å². The van der Waals surface area contributed by atoms with Crippen LogP contribution in [0.25, 0.3) is 0 Å². The molecule has 0 fully saturated rings. The lowest BCUT2D eigenvalue weighted by molar-refractivity contribution is -0.165. The van der Waals surface area contributed by atoms with Crippen molar-refractivity contribution in [1.29, 1.82) is 0 Å². The summed E-state index contributed by atoms with van der Waals surface area (Å²) in [5.74, 6) is -3.63. The van der Waals surface area contributed by atoms with E-state index < -0.39 is 35.8 Å². The molecule has 3 atom stereocenters. The van der Waals surface area contributed by atoms with Gasteiger partial charge in [-0.1, -0.05) is 46.5 Å². The number of aliphatic hydroxyl groups is 1. The molecule has 0 heterocycles. The van der Waals surface area contributed by atoms with Crippen molar-refractivity contribution < 1.29 is 33.7 Å². The average Bonchev–Trinajstić information content (AvgIpc) is 2.64. The van der Waals surface area contributed by atoms with Crippen LogP contribution in [-0.4, -0.2) is 48.9 Å². The van der Waals surface area contributed by atoms with E-state index in [1.54, 1.807) is 6.92 Å². The number of esters is 3. The molecule has 0 saturated heterocycles. The fraction of sp³-hybridized carbons (Fsp3) is 0.850. The summed E-state index contributed by atoms with van der Waals surface area (Å²) in [4.78, 5) is 36.6. The lowest BCUT2D eigenvalue weighted by Gasteiger charge is -2.21. The van der Waals surface area contributed by atoms with E-state index in [0.29, 0.717) is 0 Å². The number of aliphatic hydroxyl groups excluding tert-OH is 1. The van der Waals surface area contributed by atoms with Gasteiger partial charge in [0.05, 0.1) is 37.6 Å². The average molecular weight is 389 g/mol. The quantitative estimate of drug-likeness (QED) is 0.261. The summed E-state index contributed by atoms with van der Waals surface area (Å²) >= 11 is 0. The number of unbranched alkanes of at least 4 members (excludes halogenated alkanes) is 4. The van der Waals surface area contributed by atoms with Gasteiger partial charge >= 0.3 is 17.9 Å². The van der Waals surface area contributed by atoms with Crippen LogP contribution in [0.5, 0.6) is 0 Å². The number of hydrogen-bond donors (Lipinski definition) is 1. The molecule has 0 aliphatic heterocycles. The third kappa shape index (κ3) is 12.4. The molecule has 0 aromatic rings. The minimum Gasteiger partial charge on any atom is -0.466 e. The molecular weight excluding hydrogens is 352 g/mol. The molecule has 158 valence electrons. The zero-order valence-corrected chi connectivity index (χ0v) is 17.2. The molecule has 0 aromatic heterocycles. The van der Waals surface area contributed by atoms with Crippen molar-refractivity contribution in [3.63, 3.8) is 0 Å². The maximum Gasteiger partial charge on any atom is 0.310 e. The van der Waals surface area contributed by atoms with Gasteiger partial charge in [0.15, 0.2) is 0 Å². The fourth-order valence-corrected chi connectivity index (χ4v) is 2.37. The molecule has 1 N–H and O–H groups in total. The van der Waals surface area contributed by atoms with Crippen LogP contribution >= 0.6 is 0 Å². The van der Waals surface area contributed by atoms with Crippen LogP contribution in [-0.2, 0) is 28.6 Å². The molecule has 0 radical (unpaired) electrons.